The molecule has 0 heterocycles. The van der Waals surface area contributed by atoms with E-state index in [0.717, 1.165) is 12.8 Å². The number of hydrogen-bond donors (Lipinski definition) is 2. The number of rotatable bonds is 2. The second-order valence-corrected chi connectivity index (χ2v) is 2.79. The van der Waals surface area contributed by atoms with E-state index in [4.69, 9.17) is 10.2 Å². The molecule has 1 saturated carbocycles. The lowest BCUT2D eigenvalue weighted by molar-refractivity contribution is 0.0494. The minimum absolute atomic E-state index is 0.0648. The van der Waals surface area contributed by atoms with Crippen LogP contribution in [0.25, 0.3) is 0 Å². The van der Waals surface area contributed by atoms with Crippen molar-refractivity contribution in [2.45, 2.75) is 31.8 Å². The smallest absolute Gasteiger partial charge is 0.0799 e. The van der Waals surface area contributed by atoms with E-state index in [1.807, 2.05) is 0 Å². The zero-order valence-electron chi connectivity index (χ0n) is 5.58. The fraction of sp³-hybridized carbons (Fsp3) is 1.00. The van der Waals surface area contributed by atoms with Gasteiger partial charge in [-0.25, -0.2) is 0 Å². The first kappa shape index (κ1) is 7.03. The van der Waals surface area contributed by atoms with Crippen molar-refractivity contribution in [3.8, 4) is 0 Å². The minimum Gasteiger partial charge on any atom is -0.394 e. The quantitative estimate of drug-likeness (QED) is 0.572. The Morgan fingerprint density at radius 3 is 2.33 bits per heavy atom. The predicted octanol–water partition coefficient (Wildman–Crippen LogP) is 0.530. The summed E-state index contributed by atoms with van der Waals surface area (Å²) in [4.78, 5) is 0. The molecule has 0 aromatic rings. The Morgan fingerprint density at radius 2 is 1.89 bits per heavy atom. The van der Waals surface area contributed by atoms with Crippen molar-refractivity contribution in [3.05, 3.63) is 0 Å². The normalized spacial score (nSPS) is 24.7. The minimum atomic E-state index is -0.451. The molecule has 1 fully saturated rings. The summed E-state index contributed by atoms with van der Waals surface area (Å²) in [5, 5.41) is 17.7. The second-order valence-electron chi connectivity index (χ2n) is 2.79. The molecule has 0 saturated heterocycles. The first-order valence-electron chi connectivity index (χ1n) is 3.63. The first-order valence-corrected chi connectivity index (χ1v) is 3.63. The molecule has 0 aliphatic heterocycles. The molecule has 1 rings (SSSR count). The van der Waals surface area contributed by atoms with Gasteiger partial charge in [-0.15, -0.1) is 0 Å². The van der Waals surface area contributed by atoms with Crippen molar-refractivity contribution in [1.82, 2.24) is 0 Å². The molecule has 2 N–H and O–H groups in total. The van der Waals surface area contributed by atoms with Crippen LogP contribution in [0.4, 0.5) is 0 Å². The van der Waals surface area contributed by atoms with Gasteiger partial charge in [-0.05, 0) is 18.8 Å². The highest BCUT2D eigenvalue weighted by Crippen LogP contribution is 2.27. The van der Waals surface area contributed by atoms with Crippen LogP contribution >= 0.6 is 0 Å². The van der Waals surface area contributed by atoms with Crippen LogP contribution in [0, 0.1) is 5.92 Å². The van der Waals surface area contributed by atoms with Gasteiger partial charge in [-0.1, -0.05) is 12.8 Å². The molecular formula is C7H14O2. The van der Waals surface area contributed by atoms with E-state index in [2.05, 4.69) is 0 Å². The van der Waals surface area contributed by atoms with E-state index in [1.165, 1.54) is 12.8 Å². The van der Waals surface area contributed by atoms with Gasteiger partial charge >= 0.3 is 0 Å². The van der Waals surface area contributed by atoms with Crippen molar-refractivity contribution >= 4 is 0 Å². The fourth-order valence-corrected chi connectivity index (χ4v) is 1.49. The molecule has 2 nitrogen and oxygen atoms in total. The summed E-state index contributed by atoms with van der Waals surface area (Å²) in [6.07, 6.45) is 4.19. The highest BCUT2D eigenvalue weighted by molar-refractivity contribution is 4.73. The second kappa shape index (κ2) is 3.18. The lowest BCUT2D eigenvalue weighted by Gasteiger charge is -2.13. The lowest BCUT2D eigenvalue weighted by Crippen LogP contribution is -2.21. The Morgan fingerprint density at radius 1 is 1.33 bits per heavy atom. The van der Waals surface area contributed by atoms with Crippen LogP contribution < -0.4 is 0 Å². The molecule has 1 atom stereocenters. The molecule has 0 bridgehead atoms. The third-order valence-corrected chi connectivity index (χ3v) is 2.13. The van der Waals surface area contributed by atoms with Crippen molar-refractivity contribution in [2.24, 2.45) is 5.92 Å². The van der Waals surface area contributed by atoms with E-state index in [0.29, 0.717) is 5.92 Å². The summed E-state index contributed by atoms with van der Waals surface area (Å²) in [6, 6.07) is 0. The monoisotopic (exact) mass is 130 g/mol. The van der Waals surface area contributed by atoms with Crippen molar-refractivity contribution in [2.75, 3.05) is 6.61 Å². The molecule has 1 aliphatic rings. The number of hydrogen-bond acceptors (Lipinski definition) is 2. The zero-order valence-corrected chi connectivity index (χ0v) is 5.58. The molecule has 2 heteroatoms. The molecule has 54 valence electrons. The molecule has 0 spiro atoms. The van der Waals surface area contributed by atoms with Gasteiger partial charge < -0.3 is 10.2 Å². The SMILES string of the molecule is OCC(O)C1CCCC1. The predicted molar refractivity (Wildman–Crippen MR) is 35.1 cm³/mol. The molecule has 0 radical (unpaired) electrons. The van der Waals surface area contributed by atoms with E-state index < -0.39 is 6.10 Å². The summed E-state index contributed by atoms with van der Waals surface area (Å²) in [7, 11) is 0. The maximum Gasteiger partial charge on any atom is 0.0799 e. The Bertz CT molecular complexity index is 77.0. The van der Waals surface area contributed by atoms with Crippen LogP contribution in [0.5, 0.6) is 0 Å². The Balaban J connectivity index is 2.24. The van der Waals surface area contributed by atoms with Crippen LogP contribution in [0.2, 0.25) is 0 Å². The number of aliphatic hydroxyl groups excluding tert-OH is 2. The molecule has 1 aliphatic carbocycles. The average Bonchev–Trinajstić information content (AvgIpc) is 2.37. The van der Waals surface area contributed by atoms with E-state index in [9.17, 15) is 0 Å². The summed E-state index contributed by atoms with van der Waals surface area (Å²) >= 11 is 0. The molecule has 0 aromatic heterocycles. The largest absolute Gasteiger partial charge is 0.394 e. The highest BCUT2D eigenvalue weighted by Gasteiger charge is 2.21. The van der Waals surface area contributed by atoms with Gasteiger partial charge in [0.05, 0.1) is 12.7 Å². The van der Waals surface area contributed by atoms with Gasteiger partial charge in [0.15, 0.2) is 0 Å². The Hall–Kier alpha value is -0.0800. The van der Waals surface area contributed by atoms with Gasteiger partial charge in [-0.3, -0.25) is 0 Å². The molecule has 1 unspecified atom stereocenters. The topological polar surface area (TPSA) is 40.5 Å². The maximum absolute atomic E-state index is 9.11. The van der Waals surface area contributed by atoms with Crippen LogP contribution in [-0.4, -0.2) is 22.9 Å². The van der Waals surface area contributed by atoms with Gasteiger partial charge in [0.25, 0.3) is 0 Å². The third kappa shape index (κ3) is 1.66. The van der Waals surface area contributed by atoms with Crippen LogP contribution in [0.15, 0.2) is 0 Å². The van der Waals surface area contributed by atoms with Crippen molar-refractivity contribution < 1.29 is 10.2 Å². The number of aliphatic hydroxyl groups is 2. The van der Waals surface area contributed by atoms with Crippen LogP contribution in [0.1, 0.15) is 25.7 Å². The van der Waals surface area contributed by atoms with E-state index in [1.54, 1.807) is 0 Å². The van der Waals surface area contributed by atoms with Crippen molar-refractivity contribution in [3.63, 3.8) is 0 Å². The van der Waals surface area contributed by atoms with E-state index >= 15 is 0 Å². The summed E-state index contributed by atoms with van der Waals surface area (Å²) in [5.41, 5.74) is 0. The molecule has 0 amide bonds. The van der Waals surface area contributed by atoms with Crippen LogP contribution in [-0.2, 0) is 0 Å². The van der Waals surface area contributed by atoms with Gasteiger partial charge in [0, 0.05) is 0 Å². The first-order chi connectivity index (χ1) is 4.34. The lowest BCUT2D eigenvalue weighted by atomic mass is 10.0. The maximum atomic E-state index is 9.11. The third-order valence-electron chi connectivity index (χ3n) is 2.13. The standard InChI is InChI=1S/C7H14O2/c8-5-7(9)6-3-1-2-4-6/h6-9H,1-5H2. The fourth-order valence-electron chi connectivity index (χ4n) is 1.49. The molecule has 0 aromatic carbocycles. The summed E-state index contributed by atoms with van der Waals surface area (Å²) in [6.45, 7) is -0.0648. The van der Waals surface area contributed by atoms with Crippen LogP contribution in [0.3, 0.4) is 0 Å². The van der Waals surface area contributed by atoms with Gasteiger partial charge in [0.1, 0.15) is 0 Å². The molecule has 9 heavy (non-hydrogen) atoms. The highest BCUT2D eigenvalue weighted by atomic mass is 16.3. The average molecular weight is 130 g/mol. The van der Waals surface area contributed by atoms with Gasteiger partial charge in [0.2, 0.25) is 0 Å². The summed E-state index contributed by atoms with van der Waals surface area (Å²) in [5.74, 6) is 0.384. The Labute approximate surface area is 55.5 Å². The molecular weight excluding hydrogens is 116 g/mol. The zero-order chi connectivity index (χ0) is 6.69. The van der Waals surface area contributed by atoms with Crippen molar-refractivity contribution in [1.29, 1.82) is 0 Å². The van der Waals surface area contributed by atoms with Gasteiger partial charge in [-0.2, -0.15) is 0 Å². The van der Waals surface area contributed by atoms with E-state index in [-0.39, 0.29) is 6.61 Å². The Kier molecular flexibility index (Phi) is 2.49. The summed E-state index contributed by atoms with van der Waals surface area (Å²) < 4.78 is 0.